The number of Topliss-reactive ketones (excluding diaryl/α,β-unsaturated/α-hetero) is 1. The zero-order chi connectivity index (χ0) is 32.4. The fraction of sp³-hybridized carbons (Fsp3) is 0.951. The average Bonchev–Trinajstić information content (AvgIpc) is 3.01. The van der Waals surface area contributed by atoms with E-state index in [-0.39, 0.29) is 12.1 Å². The van der Waals surface area contributed by atoms with Gasteiger partial charge in [0.25, 0.3) is 0 Å². The van der Waals surface area contributed by atoms with Crippen LogP contribution in [0.2, 0.25) is 0 Å². The van der Waals surface area contributed by atoms with Crippen LogP contribution in [0.3, 0.4) is 0 Å². The Balaban J connectivity index is 3.69. The SMILES string of the molecule is CCCCCCCCC(C)OC(=O)CCCCCCC(=O)CCCCCCCCC(CCCCCCC)CCCCCCC. The molecule has 44 heavy (non-hydrogen) atoms. The first-order valence-corrected chi connectivity index (χ1v) is 20.2. The molecule has 0 aromatic carbocycles. The lowest BCUT2D eigenvalue weighted by molar-refractivity contribution is -0.148. The molecule has 0 aromatic heterocycles. The molecule has 1 atom stereocenters. The molecule has 0 heterocycles. The topological polar surface area (TPSA) is 43.4 Å². The first-order valence-electron chi connectivity index (χ1n) is 20.2. The van der Waals surface area contributed by atoms with Crippen molar-refractivity contribution in [2.24, 2.45) is 5.92 Å². The number of hydrogen-bond acceptors (Lipinski definition) is 3. The predicted octanol–water partition coefficient (Wildman–Crippen LogP) is 14.0. The molecular weight excluding hydrogens is 540 g/mol. The summed E-state index contributed by atoms with van der Waals surface area (Å²) in [5.41, 5.74) is 0. The van der Waals surface area contributed by atoms with Gasteiger partial charge in [-0.05, 0) is 44.9 Å². The van der Waals surface area contributed by atoms with E-state index in [1.165, 1.54) is 148 Å². The molecule has 0 radical (unpaired) electrons. The van der Waals surface area contributed by atoms with E-state index in [2.05, 4.69) is 20.8 Å². The molecule has 262 valence electrons. The van der Waals surface area contributed by atoms with Gasteiger partial charge in [-0.3, -0.25) is 9.59 Å². The summed E-state index contributed by atoms with van der Waals surface area (Å²) in [5.74, 6) is 1.36. The minimum atomic E-state index is -0.0463. The van der Waals surface area contributed by atoms with Crippen molar-refractivity contribution in [1.82, 2.24) is 0 Å². The number of carbonyl (C=O) groups excluding carboxylic acids is 2. The quantitative estimate of drug-likeness (QED) is 0.0517. The van der Waals surface area contributed by atoms with E-state index in [0.717, 1.165) is 63.7 Å². The molecule has 0 aliphatic heterocycles. The molecular formula is C41H80O3. The number of rotatable bonds is 36. The Morgan fingerprint density at radius 1 is 0.409 bits per heavy atom. The van der Waals surface area contributed by atoms with Gasteiger partial charge in [-0.15, -0.1) is 0 Å². The van der Waals surface area contributed by atoms with Crippen molar-refractivity contribution < 1.29 is 14.3 Å². The molecule has 1 unspecified atom stereocenters. The van der Waals surface area contributed by atoms with E-state index >= 15 is 0 Å². The molecule has 0 aromatic rings. The fourth-order valence-corrected chi connectivity index (χ4v) is 6.59. The zero-order valence-electron chi connectivity index (χ0n) is 30.7. The Bertz CT molecular complexity index is 587. The summed E-state index contributed by atoms with van der Waals surface area (Å²) in [5, 5.41) is 0. The fourth-order valence-electron chi connectivity index (χ4n) is 6.59. The van der Waals surface area contributed by atoms with Gasteiger partial charge in [0.05, 0.1) is 6.10 Å². The van der Waals surface area contributed by atoms with Crippen LogP contribution in [0.15, 0.2) is 0 Å². The first kappa shape index (κ1) is 43.1. The molecule has 0 rings (SSSR count). The Morgan fingerprint density at radius 2 is 0.727 bits per heavy atom. The molecule has 0 N–H and O–H groups in total. The number of hydrogen-bond donors (Lipinski definition) is 0. The van der Waals surface area contributed by atoms with Crippen molar-refractivity contribution in [3.63, 3.8) is 0 Å². The number of ether oxygens (including phenoxy) is 1. The smallest absolute Gasteiger partial charge is 0.306 e. The van der Waals surface area contributed by atoms with Crippen LogP contribution in [0.4, 0.5) is 0 Å². The number of unbranched alkanes of at least 4 members (excludes halogenated alkanes) is 21. The van der Waals surface area contributed by atoms with Crippen molar-refractivity contribution in [1.29, 1.82) is 0 Å². The normalized spacial score (nSPS) is 12.2. The Kier molecular flexibility index (Phi) is 34.3. The maximum absolute atomic E-state index is 12.3. The summed E-state index contributed by atoms with van der Waals surface area (Å²) in [6.45, 7) is 8.88. The predicted molar refractivity (Wildman–Crippen MR) is 193 cm³/mol. The standard InChI is InChI=1S/C41H80O3/c1-5-8-11-14-19-24-31-38(4)44-41(43)37-30-23-22-29-36-40(42)35-28-21-16-15-20-27-34-39(32-25-17-12-9-6-2)33-26-18-13-10-7-3/h38-39H,5-37H2,1-4H3. The molecule has 0 aliphatic carbocycles. The maximum atomic E-state index is 12.3. The van der Waals surface area contributed by atoms with Crippen LogP contribution >= 0.6 is 0 Å². The molecule has 0 fully saturated rings. The second-order valence-electron chi connectivity index (χ2n) is 14.2. The van der Waals surface area contributed by atoms with Crippen LogP contribution in [0.5, 0.6) is 0 Å². The molecule has 0 saturated heterocycles. The largest absolute Gasteiger partial charge is 0.463 e. The van der Waals surface area contributed by atoms with Gasteiger partial charge >= 0.3 is 5.97 Å². The average molecular weight is 621 g/mol. The van der Waals surface area contributed by atoms with Gasteiger partial charge in [0.2, 0.25) is 0 Å². The van der Waals surface area contributed by atoms with Gasteiger partial charge in [-0.1, -0.05) is 181 Å². The van der Waals surface area contributed by atoms with E-state index in [1.54, 1.807) is 0 Å². The Labute approximate surface area is 277 Å². The van der Waals surface area contributed by atoms with Crippen LogP contribution in [0, 0.1) is 5.92 Å². The minimum Gasteiger partial charge on any atom is -0.463 e. The Hall–Kier alpha value is -0.860. The molecule has 3 heteroatoms. The molecule has 0 amide bonds. The van der Waals surface area contributed by atoms with E-state index in [9.17, 15) is 9.59 Å². The third-order valence-corrected chi connectivity index (χ3v) is 9.63. The highest BCUT2D eigenvalue weighted by atomic mass is 16.5. The van der Waals surface area contributed by atoms with Crippen molar-refractivity contribution in [3.8, 4) is 0 Å². The molecule has 0 saturated carbocycles. The van der Waals surface area contributed by atoms with Crippen LogP contribution < -0.4 is 0 Å². The number of ketones is 1. The van der Waals surface area contributed by atoms with Gasteiger partial charge in [-0.2, -0.15) is 0 Å². The number of carbonyl (C=O) groups is 2. The lowest BCUT2D eigenvalue weighted by Crippen LogP contribution is -2.14. The minimum absolute atomic E-state index is 0.0449. The van der Waals surface area contributed by atoms with Crippen LogP contribution in [0.25, 0.3) is 0 Å². The third kappa shape index (κ3) is 32.5. The highest BCUT2D eigenvalue weighted by molar-refractivity contribution is 5.78. The maximum Gasteiger partial charge on any atom is 0.306 e. The van der Waals surface area contributed by atoms with Crippen LogP contribution in [-0.4, -0.2) is 17.9 Å². The molecule has 0 aliphatic rings. The van der Waals surface area contributed by atoms with E-state index in [0.29, 0.717) is 12.2 Å². The third-order valence-electron chi connectivity index (χ3n) is 9.63. The van der Waals surface area contributed by atoms with Gasteiger partial charge in [0.15, 0.2) is 0 Å². The van der Waals surface area contributed by atoms with Gasteiger partial charge < -0.3 is 4.74 Å². The second kappa shape index (κ2) is 35.0. The summed E-state index contributed by atoms with van der Waals surface area (Å²) in [6, 6.07) is 0. The van der Waals surface area contributed by atoms with Crippen molar-refractivity contribution in [2.45, 2.75) is 246 Å². The highest BCUT2D eigenvalue weighted by Crippen LogP contribution is 2.25. The lowest BCUT2D eigenvalue weighted by Gasteiger charge is -2.17. The van der Waals surface area contributed by atoms with Crippen molar-refractivity contribution in [3.05, 3.63) is 0 Å². The van der Waals surface area contributed by atoms with E-state index in [4.69, 9.17) is 4.74 Å². The summed E-state index contributed by atoms with van der Waals surface area (Å²) in [4.78, 5) is 24.4. The highest BCUT2D eigenvalue weighted by Gasteiger charge is 2.10. The second-order valence-corrected chi connectivity index (χ2v) is 14.2. The van der Waals surface area contributed by atoms with E-state index in [1.807, 2.05) is 6.92 Å². The first-order chi connectivity index (χ1) is 21.5. The zero-order valence-corrected chi connectivity index (χ0v) is 30.7. The number of esters is 1. The summed E-state index contributed by atoms with van der Waals surface area (Å²) >= 11 is 0. The van der Waals surface area contributed by atoms with Gasteiger partial charge in [0.1, 0.15) is 5.78 Å². The van der Waals surface area contributed by atoms with Crippen molar-refractivity contribution >= 4 is 11.8 Å². The monoisotopic (exact) mass is 621 g/mol. The van der Waals surface area contributed by atoms with Gasteiger partial charge in [-0.25, -0.2) is 0 Å². The lowest BCUT2D eigenvalue weighted by atomic mass is 9.89. The van der Waals surface area contributed by atoms with Gasteiger partial charge in [0, 0.05) is 19.3 Å². The summed E-state index contributed by atoms with van der Waals surface area (Å²) < 4.78 is 5.58. The Morgan fingerprint density at radius 3 is 1.14 bits per heavy atom. The van der Waals surface area contributed by atoms with E-state index < -0.39 is 0 Å². The molecule has 0 spiro atoms. The van der Waals surface area contributed by atoms with Crippen molar-refractivity contribution in [2.75, 3.05) is 0 Å². The summed E-state index contributed by atoms with van der Waals surface area (Å²) in [6.07, 6.45) is 40.8. The molecule has 0 bridgehead atoms. The summed E-state index contributed by atoms with van der Waals surface area (Å²) in [7, 11) is 0. The van der Waals surface area contributed by atoms with Crippen LogP contribution in [-0.2, 0) is 14.3 Å². The van der Waals surface area contributed by atoms with Crippen LogP contribution in [0.1, 0.15) is 240 Å². The molecule has 3 nitrogen and oxygen atoms in total.